The first-order chi connectivity index (χ1) is 15.3. The Morgan fingerprint density at radius 1 is 1.31 bits per heavy atom. The van der Waals surface area contributed by atoms with Crippen LogP contribution in [-0.4, -0.2) is 34.9 Å². The molecular formula is C25H27ClN4O2. The van der Waals surface area contributed by atoms with Gasteiger partial charge in [-0.3, -0.25) is 9.78 Å². The lowest BCUT2D eigenvalue weighted by atomic mass is 10.0. The summed E-state index contributed by atoms with van der Waals surface area (Å²) in [6, 6.07) is 7.93. The summed E-state index contributed by atoms with van der Waals surface area (Å²) >= 11 is 6.39. The number of nitrogens with two attached hydrogens (primary N) is 1. The van der Waals surface area contributed by atoms with Crippen molar-refractivity contribution in [1.82, 2.24) is 14.9 Å². The van der Waals surface area contributed by atoms with Crippen LogP contribution in [0.15, 0.2) is 55.4 Å². The summed E-state index contributed by atoms with van der Waals surface area (Å²) in [5, 5.41) is 1.46. The van der Waals surface area contributed by atoms with E-state index in [4.69, 9.17) is 27.1 Å². The lowest BCUT2D eigenvalue weighted by Crippen LogP contribution is -2.12. The third-order valence-corrected chi connectivity index (χ3v) is 5.40. The first-order valence-electron chi connectivity index (χ1n) is 10.2. The molecule has 32 heavy (non-hydrogen) atoms. The maximum absolute atomic E-state index is 11.2. The van der Waals surface area contributed by atoms with Crippen LogP contribution < -0.4 is 10.5 Å². The zero-order valence-electron chi connectivity index (χ0n) is 18.6. The fraction of sp³-hybridized carbons (Fsp3) is 0.240. The highest BCUT2D eigenvalue weighted by molar-refractivity contribution is 6.31. The summed E-state index contributed by atoms with van der Waals surface area (Å²) < 4.78 is 6.20. The number of benzene rings is 1. The Kier molecular flexibility index (Phi) is 7.49. The van der Waals surface area contributed by atoms with Crippen molar-refractivity contribution in [1.29, 1.82) is 0 Å². The second kappa shape index (κ2) is 10.3. The molecule has 3 rings (SSSR count). The zero-order chi connectivity index (χ0) is 23.3. The quantitative estimate of drug-likeness (QED) is 0.479. The smallest absolute Gasteiger partial charge is 0.217 e. The predicted molar refractivity (Wildman–Crippen MR) is 129 cm³/mol. The van der Waals surface area contributed by atoms with Gasteiger partial charge in [0.1, 0.15) is 17.9 Å². The maximum Gasteiger partial charge on any atom is 0.217 e. The van der Waals surface area contributed by atoms with Crippen molar-refractivity contribution in [2.24, 2.45) is 5.73 Å². The van der Waals surface area contributed by atoms with Crippen molar-refractivity contribution < 1.29 is 9.53 Å². The van der Waals surface area contributed by atoms with Gasteiger partial charge in [0.25, 0.3) is 0 Å². The minimum absolute atomic E-state index is 0.219. The molecule has 0 saturated carbocycles. The van der Waals surface area contributed by atoms with Crippen LogP contribution >= 0.6 is 11.6 Å². The minimum Gasteiger partial charge on any atom is -0.487 e. The van der Waals surface area contributed by atoms with E-state index in [1.165, 1.54) is 0 Å². The van der Waals surface area contributed by atoms with Crippen LogP contribution in [0.4, 0.5) is 0 Å². The van der Waals surface area contributed by atoms with Crippen LogP contribution in [-0.2, 0) is 17.8 Å². The Balaban J connectivity index is 2.01. The highest BCUT2D eigenvalue weighted by atomic mass is 35.5. The minimum atomic E-state index is -0.373. The monoisotopic (exact) mass is 450 g/mol. The number of fused-ring (bicyclic) bond motifs is 1. The molecule has 0 unspecified atom stereocenters. The normalized spacial score (nSPS) is 11.4. The van der Waals surface area contributed by atoms with Crippen LogP contribution in [0.3, 0.4) is 0 Å². The number of pyridine rings is 2. The summed E-state index contributed by atoms with van der Waals surface area (Å²) in [6.45, 7) is 6.03. The number of ether oxygens (including phenoxy) is 1. The van der Waals surface area contributed by atoms with E-state index in [0.29, 0.717) is 17.2 Å². The van der Waals surface area contributed by atoms with Gasteiger partial charge >= 0.3 is 0 Å². The molecular weight excluding hydrogens is 424 g/mol. The van der Waals surface area contributed by atoms with E-state index in [0.717, 1.165) is 39.0 Å². The van der Waals surface area contributed by atoms with Gasteiger partial charge in [-0.1, -0.05) is 36.4 Å². The van der Waals surface area contributed by atoms with Gasteiger partial charge in [-0.15, -0.1) is 0 Å². The average Bonchev–Trinajstić information content (AvgIpc) is 2.74. The number of nitrogens with zero attached hydrogens (tertiary/aromatic N) is 3. The van der Waals surface area contributed by atoms with Crippen LogP contribution in [0, 0.1) is 6.92 Å². The van der Waals surface area contributed by atoms with Crippen molar-refractivity contribution in [3.8, 4) is 5.75 Å². The molecule has 1 amide bonds. The van der Waals surface area contributed by atoms with E-state index < -0.39 is 0 Å². The third kappa shape index (κ3) is 5.26. The molecule has 2 heterocycles. The number of carbonyl (C=O) groups is 1. The van der Waals surface area contributed by atoms with Crippen LogP contribution in [0.25, 0.3) is 16.6 Å². The van der Waals surface area contributed by atoms with E-state index in [1.54, 1.807) is 18.5 Å². The predicted octanol–water partition coefficient (Wildman–Crippen LogP) is 4.68. The fourth-order valence-corrected chi connectivity index (χ4v) is 3.79. The molecule has 2 aromatic heterocycles. The van der Waals surface area contributed by atoms with E-state index in [9.17, 15) is 4.79 Å². The van der Waals surface area contributed by atoms with Gasteiger partial charge in [-0.25, -0.2) is 4.98 Å². The Hall–Kier alpha value is -3.38. The van der Waals surface area contributed by atoms with Gasteiger partial charge in [-0.2, -0.15) is 0 Å². The number of hydrogen-bond donors (Lipinski definition) is 1. The van der Waals surface area contributed by atoms with Gasteiger partial charge in [-0.05, 0) is 37.1 Å². The number of hydrogen-bond acceptors (Lipinski definition) is 5. The van der Waals surface area contributed by atoms with E-state index in [1.807, 2.05) is 50.2 Å². The Morgan fingerprint density at radius 2 is 2.09 bits per heavy atom. The van der Waals surface area contributed by atoms with Gasteiger partial charge in [0.05, 0.1) is 5.02 Å². The summed E-state index contributed by atoms with van der Waals surface area (Å²) in [6.07, 6.45) is 7.69. The number of allylic oxidation sites excluding steroid dienone is 2. The lowest BCUT2D eigenvalue weighted by Gasteiger charge is -2.20. The number of aromatic nitrogens is 2. The summed E-state index contributed by atoms with van der Waals surface area (Å²) in [7, 11) is 3.99. The van der Waals surface area contributed by atoms with Crippen LogP contribution in [0.1, 0.15) is 28.8 Å². The molecule has 0 aliphatic carbocycles. The molecule has 0 bridgehead atoms. The topological polar surface area (TPSA) is 81.3 Å². The van der Waals surface area contributed by atoms with Crippen LogP contribution in [0.2, 0.25) is 5.02 Å². The average molecular weight is 451 g/mol. The summed E-state index contributed by atoms with van der Waals surface area (Å²) in [5.41, 5.74) is 10.6. The second-order valence-electron chi connectivity index (χ2n) is 7.66. The van der Waals surface area contributed by atoms with Gasteiger partial charge in [0.15, 0.2) is 0 Å². The summed E-state index contributed by atoms with van der Waals surface area (Å²) in [5.74, 6) is 0.278. The molecule has 0 spiro atoms. The molecule has 6 nitrogen and oxygen atoms in total. The van der Waals surface area contributed by atoms with Crippen molar-refractivity contribution in [3.63, 3.8) is 0 Å². The number of primary amides is 1. The number of amides is 1. The number of rotatable bonds is 9. The van der Waals surface area contributed by atoms with Crippen molar-refractivity contribution in [3.05, 3.63) is 82.8 Å². The molecule has 1 aromatic carbocycles. The van der Waals surface area contributed by atoms with E-state index >= 15 is 0 Å². The van der Waals surface area contributed by atoms with Gasteiger partial charge in [0, 0.05) is 60.8 Å². The van der Waals surface area contributed by atoms with Crippen molar-refractivity contribution in [2.45, 2.75) is 26.4 Å². The molecule has 0 fully saturated rings. The molecule has 0 saturated heterocycles. The van der Waals surface area contributed by atoms with Crippen LogP contribution in [0.5, 0.6) is 5.75 Å². The number of carbonyl (C=O) groups excluding carboxylic acids is 1. The highest BCUT2D eigenvalue weighted by Gasteiger charge is 2.15. The summed E-state index contributed by atoms with van der Waals surface area (Å²) in [4.78, 5) is 22.2. The third-order valence-electron chi connectivity index (χ3n) is 5.07. The SMILES string of the molecule is C=C/C=C(/c1cc(C)nc2c(OCc3c(Cl)cncc3CCC(N)=O)cccc12)N(C)C. The molecule has 0 aliphatic rings. The molecule has 3 aromatic rings. The molecule has 0 aliphatic heterocycles. The van der Waals surface area contributed by atoms with Gasteiger partial charge < -0.3 is 15.4 Å². The molecule has 166 valence electrons. The van der Waals surface area contributed by atoms with E-state index in [-0.39, 0.29) is 18.9 Å². The molecule has 0 radical (unpaired) electrons. The first-order valence-corrected chi connectivity index (χ1v) is 10.6. The van der Waals surface area contributed by atoms with E-state index in [2.05, 4.69) is 17.6 Å². The van der Waals surface area contributed by atoms with Crippen molar-refractivity contribution in [2.75, 3.05) is 14.1 Å². The maximum atomic E-state index is 11.2. The number of halogens is 1. The number of aryl methyl sites for hydroxylation is 2. The largest absolute Gasteiger partial charge is 0.487 e. The fourth-order valence-electron chi connectivity index (χ4n) is 3.56. The Labute approximate surface area is 193 Å². The molecule has 0 atom stereocenters. The molecule has 7 heteroatoms. The highest BCUT2D eigenvalue weighted by Crippen LogP contribution is 2.32. The van der Waals surface area contributed by atoms with Crippen molar-refractivity contribution >= 4 is 34.1 Å². The zero-order valence-corrected chi connectivity index (χ0v) is 19.3. The first kappa shape index (κ1) is 23.3. The molecule has 2 N–H and O–H groups in total. The standard InChI is InChI=1S/C25H27ClN4O2/c1-5-7-22(30(3)4)19-12-16(2)29-25-18(19)8-6-9-23(25)32-15-20-17(10-11-24(27)31)13-28-14-21(20)26/h5-9,12-14H,1,10-11,15H2,2-4H3,(H2,27,31)/b22-7-. The Bertz CT molecular complexity index is 1190. The lowest BCUT2D eigenvalue weighted by molar-refractivity contribution is -0.117. The number of para-hydroxylation sites is 1. The Morgan fingerprint density at radius 3 is 2.78 bits per heavy atom. The van der Waals surface area contributed by atoms with Gasteiger partial charge in [0.2, 0.25) is 5.91 Å². The second-order valence-corrected chi connectivity index (χ2v) is 8.07.